The second kappa shape index (κ2) is 5.44. The molecule has 1 aliphatic heterocycles. The van der Waals surface area contributed by atoms with Gasteiger partial charge in [0.05, 0.1) is 22.9 Å². The molecule has 3 unspecified atom stereocenters. The lowest BCUT2D eigenvalue weighted by Crippen LogP contribution is -2.47. The molecule has 3 atom stereocenters. The Labute approximate surface area is 119 Å². The first-order valence-corrected chi connectivity index (χ1v) is 8.36. The molecule has 5 nitrogen and oxygen atoms in total. The van der Waals surface area contributed by atoms with Crippen molar-refractivity contribution in [3.05, 3.63) is 29.8 Å². The number of benzene rings is 1. The van der Waals surface area contributed by atoms with Gasteiger partial charge >= 0.3 is 0 Å². The average molecular weight is 299 g/mol. The summed E-state index contributed by atoms with van der Waals surface area (Å²) < 4.78 is 30.3. The summed E-state index contributed by atoms with van der Waals surface area (Å²) in [6.45, 7) is 3.57. The van der Waals surface area contributed by atoms with E-state index in [1.807, 2.05) is 0 Å². The van der Waals surface area contributed by atoms with Gasteiger partial charge in [-0.05, 0) is 26.3 Å². The minimum atomic E-state index is -3.28. The summed E-state index contributed by atoms with van der Waals surface area (Å²) >= 11 is 0. The van der Waals surface area contributed by atoms with E-state index < -0.39 is 27.6 Å². The molecule has 2 rings (SSSR count). The number of aliphatic hydroxyl groups is 1. The molecule has 0 amide bonds. The first-order valence-electron chi connectivity index (χ1n) is 6.70. The first-order chi connectivity index (χ1) is 9.32. The summed E-state index contributed by atoms with van der Waals surface area (Å²) in [4.78, 5) is 0.287. The molecule has 112 valence electrons. The highest BCUT2D eigenvalue weighted by Gasteiger charge is 2.43. The van der Waals surface area contributed by atoms with Gasteiger partial charge < -0.3 is 15.6 Å². The summed E-state index contributed by atoms with van der Waals surface area (Å²) in [6.07, 6.45) is -0.767. The Balaban J connectivity index is 2.51. The lowest BCUT2D eigenvalue weighted by molar-refractivity contribution is -0.127. The van der Waals surface area contributed by atoms with Crippen LogP contribution >= 0.6 is 0 Å². The molecule has 6 heteroatoms. The van der Waals surface area contributed by atoms with Crippen molar-refractivity contribution in [1.29, 1.82) is 0 Å². The maximum Gasteiger partial charge on any atom is 0.178 e. The van der Waals surface area contributed by atoms with E-state index in [1.54, 1.807) is 38.1 Å². The largest absolute Gasteiger partial charge is 0.391 e. The Morgan fingerprint density at radius 2 is 2.05 bits per heavy atom. The zero-order chi connectivity index (χ0) is 15.0. The van der Waals surface area contributed by atoms with E-state index in [0.717, 1.165) is 0 Å². The van der Waals surface area contributed by atoms with E-state index >= 15 is 0 Å². The highest BCUT2D eigenvalue weighted by Crippen LogP contribution is 2.40. The van der Waals surface area contributed by atoms with Crippen LogP contribution in [-0.2, 0) is 20.2 Å². The van der Waals surface area contributed by atoms with Crippen molar-refractivity contribution in [3.8, 4) is 0 Å². The van der Waals surface area contributed by atoms with Gasteiger partial charge in [-0.25, -0.2) is 8.42 Å². The van der Waals surface area contributed by atoms with Gasteiger partial charge in [0.1, 0.15) is 5.60 Å². The van der Waals surface area contributed by atoms with Crippen LogP contribution in [0.15, 0.2) is 29.2 Å². The molecule has 0 aliphatic carbocycles. The number of ether oxygens (including phenoxy) is 1. The monoisotopic (exact) mass is 299 g/mol. The third-order valence-electron chi connectivity index (χ3n) is 3.91. The SMILES string of the molecule is CC(O)C(C)OC1(CN)CCS(=O)(=O)c2ccccc21. The number of aliphatic hydroxyl groups excluding tert-OH is 1. The molecular formula is C14H21NO4S. The predicted octanol–water partition coefficient (Wildman–Crippen LogP) is 0.804. The van der Waals surface area contributed by atoms with Crippen molar-refractivity contribution in [3.63, 3.8) is 0 Å². The minimum Gasteiger partial charge on any atom is -0.391 e. The van der Waals surface area contributed by atoms with Crippen LogP contribution in [0.2, 0.25) is 0 Å². The average Bonchev–Trinajstić information content (AvgIpc) is 2.42. The topological polar surface area (TPSA) is 89.6 Å². The zero-order valence-corrected chi connectivity index (χ0v) is 12.6. The molecule has 0 aromatic heterocycles. The van der Waals surface area contributed by atoms with Crippen LogP contribution in [0.5, 0.6) is 0 Å². The van der Waals surface area contributed by atoms with Gasteiger partial charge in [0.25, 0.3) is 0 Å². The molecule has 0 saturated carbocycles. The summed E-state index contributed by atoms with van der Waals surface area (Å²) in [5.41, 5.74) is 5.64. The van der Waals surface area contributed by atoms with Gasteiger partial charge in [-0.15, -0.1) is 0 Å². The molecular weight excluding hydrogens is 278 g/mol. The number of hydrogen-bond donors (Lipinski definition) is 2. The lowest BCUT2D eigenvalue weighted by atomic mass is 9.89. The highest BCUT2D eigenvalue weighted by molar-refractivity contribution is 7.91. The van der Waals surface area contributed by atoms with E-state index in [2.05, 4.69) is 0 Å². The maximum absolute atomic E-state index is 12.2. The number of fused-ring (bicyclic) bond motifs is 1. The summed E-state index contributed by atoms with van der Waals surface area (Å²) in [7, 11) is -3.28. The molecule has 0 bridgehead atoms. The standard InChI is InChI=1S/C14H21NO4S/c1-10(16)11(2)19-14(9-15)7-8-20(17,18)13-6-4-3-5-12(13)14/h3-6,10-11,16H,7-9,15H2,1-2H3. The Morgan fingerprint density at radius 3 is 2.65 bits per heavy atom. The number of sulfone groups is 1. The fourth-order valence-electron chi connectivity index (χ4n) is 2.49. The molecule has 0 spiro atoms. The van der Waals surface area contributed by atoms with Crippen LogP contribution in [0.4, 0.5) is 0 Å². The number of hydrogen-bond acceptors (Lipinski definition) is 5. The minimum absolute atomic E-state index is 0.00768. The van der Waals surface area contributed by atoms with Gasteiger partial charge in [0.2, 0.25) is 0 Å². The molecule has 1 heterocycles. The van der Waals surface area contributed by atoms with Crippen molar-refractivity contribution in [2.45, 2.75) is 43.0 Å². The summed E-state index contributed by atoms with van der Waals surface area (Å²) in [5.74, 6) is 0.00768. The molecule has 1 aromatic carbocycles. The van der Waals surface area contributed by atoms with Crippen LogP contribution in [-0.4, -0.2) is 38.0 Å². The van der Waals surface area contributed by atoms with Crippen LogP contribution in [0.3, 0.4) is 0 Å². The van der Waals surface area contributed by atoms with Gasteiger partial charge in [-0.1, -0.05) is 18.2 Å². The second-order valence-corrected chi connectivity index (χ2v) is 7.40. The Hall–Kier alpha value is -0.950. The predicted molar refractivity (Wildman–Crippen MR) is 76.1 cm³/mol. The van der Waals surface area contributed by atoms with E-state index in [0.29, 0.717) is 12.0 Å². The molecule has 20 heavy (non-hydrogen) atoms. The van der Waals surface area contributed by atoms with Crippen molar-refractivity contribution in [1.82, 2.24) is 0 Å². The second-order valence-electron chi connectivity index (χ2n) is 5.33. The smallest absolute Gasteiger partial charge is 0.178 e. The number of nitrogens with two attached hydrogens (primary N) is 1. The Bertz CT molecular complexity index is 585. The maximum atomic E-state index is 12.2. The van der Waals surface area contributed by atoms with Crippen molar-refractivity contribution >= 4 is 9.84 Å². The quantitative estimate of drug-likeness (QED) is 0.858. The summed E-state index contributed by atoms with van der Waals surface area (Å²) in [5, 5.41) is 9.63. The third kappa shape index (κ3) is 2.61. The summed E-state index contributed by atoms with van der Waals surface area (Å²) in [6, 6.07) is 6.81. The van der Waals surface area contributed by atoms with Crippen LogP contribution in [0, 0.1) is 0 Å². The zero-order valence-electron chi connectivity index (χ0n) is 11.7. The normalized spacial score (nSPS) is 27.6. The fraction of sp³-hybridized carbons (Fsp3) is 0.571. The molecule has 0 fully saturated rings. The molecule has 3 N–H and O–H groups in total. The van der Waals surface area contributed by atoms with E-state index in [4.69, 9.17) is 10.5 Å². The Kier molecular flexibility index (Phi) is 4.20. The fourth-order valence-corrected chi connectivity index (χ4v) is 4.19. The molecule has 0 radical (unpaired) electrons. The molecule has 0 saturated heterocycles. The van der Waals surface area contributed by atoms with Gasteiger partial charge in [-0.3, -0.25) is 0 Å². The first kappa shape index (κ1) is 15.4. The lowest BCUT2D eigenvalue weighted by Gasteiger charge is -2.40. The van der Waals surface area contributed by atoms with E-state index in [1.165, 1.54) is 0 Å². The van der Waals surface area contributed by atoms with Crippen molar-refractivity contribution < 1.29 is 18.3 Å². The third-order valence-corrected chi connectivity index (χ3v) is 5.68. The van der Waals surface area contributed by atoms with Gasteiger partial charge in [-0.2, -0.15) is 0 Å². The van der Waals surface area contributed by atoms with Gasteiger partial charge in [0, 0.05) is 12.1 Å². The van der Waals surface area contributed by atoms with E-state index in [9.17, 15) is 13.5 Å². The van der Waals surface area contributed by atoms with Crippen LogP contribution in [0.1, 0.15) is 25.8 Å². The van der Waals surface area contributed by atoms with Crippen molar-refractivity contribution in [2.75, 3.05) is 12.3 Å². The highest BCUT2D eigenvalue weighted by atomic mass is 32.2. The van der Waals surface area contributed by atoms with Crippen LogP contribution in [0.25, 0.3) is 0 Å². The van der Waals surface area contributed by atoms with Crippen molar-refractivity contribution in [2.24, 2.45) is 5.73 Å². The van der Waals surface area contributed by atoms with E-state index in [-0.39, 0.29) is 17.2 Å². The van der Waals surface area contributed by atoms with Gasteiger partial charge in [0.15, 0.2) is 9.84 Å². The van der Waals surface area contributed by atoms with Crippen LogP contribution < -0.4 is 5.73 Å². The number of rotatable bonds is 4. The molecule has 1 aliphatic rings. The molecule has 1 aromatic rings. The Morgan fingerprint density at radius 1 is 1.40 bits per heavy atom.